The first-order valence-electron chi connectivity index (χ1n) is 10.5. The number of amides is 2. The lowest BCUT2D eigenvalue weighted by Crippen LogP contribution is -2.18. The third-order valence-electron chi connectivity index (χ3n) is 4.83. The SMILES string of the molecule is C=CCn1c(CC(=O)Nc2ccccc2OC)nnc1SCC(=O)Nc1ccc([N+](=O)[O-])cc1C. The molecule has 0 aliphatic heterocycles. The molecule has 0 atom stereocenters. The van der Waals surface area contributed by atoms with Crippen LogP contribution in [0.1, 0.15) is 11.4 Å². The highest BCUT2D eigenvalue weighted by atomic mass is 32.2. The maximum absolute atomic E-state index is 12.6. The van der Waals surface area contributed by atoms with Gasteiger partial charge in [-0.3, -0.25) is 19.7 Å². The fourth-order valence-electron chi connectivity index (χ4n) is 3.17. The second kappa shape index (κ2) is 11.8. The lowest BCUT2D eigenvalue weighted by molar-refractivity contribution is -0.384. The summed E-state index contributed by atoms with van der Waals surface area (Å²) < 4.78 is 6.96. The zero-order valence-corrected chi connectivity index (χ0v) is 20.0. The smallest absolute Gasteiger partial charge is 0.269 e. The number of carbonyl (C=O) groups is 2. The minimum Gasteiger partial charge on any atom is -0.495 e. The first-order valence-corrected chi connectivity index (χ1v) is 11.4. The number of thioether (sulfide) groups is 1. The Labute approximate surface area is 205 Å². The van der Waals surface area contributed by atoms with Crippen molar-refractivity contribution in [3.63, 3.8) is 0 Å². The lowest BCUT2D eigenvalue weighted by atomic mass is 10.2. The number of carbonyl (C=O) groups excluding carboxylic acids is 2. The molecule has 0 aliphatic carbocycles. The maximum atomic E-state index is 12.6. The number of aromatic nitrogens is 3. The summed E-state index contributed by atoms with van der Waals surface area (Å²) in [6, 6.07) is 11.3. The van der Waals surface area contributed by atoms with Gasteiger partial charge in [0.25, 0.3) is 5.69 Å². The topological polar surface area (TPSA) is 141 Å². The molecule has 12 heteroatoms. The highest BCUT2D eigenvalue weighted by Gasteiger charge is 2.18. The van der Waals surface area contributed by atoms with Gasteiger partial charge in [0.1, 0.15) is 11.6 Å². The van der Waals surface area contributed by atoms with Crippen molar-refractivity contribution in [1.82, 2.24) is 14.8 Å². The van der Waals surface area contributed by atoms with Crippen LogP contribution in [0.4, 0.5) is 17.1 Å². The van der Waals surface area contributed by atoms with Crippen molar-refractivity contribution >= 4 is 40.6 Å². The van der Waals surface area contributed by atoms with Crippen molar-refractivity contribution in [2.24, 2.45) is 0 Å². The number of hydrogen-bond acceptors (Lipinski definition) is 8. The lowest BCUT2D eigenvalue weighted by Gasteiger charge is -2.11. The van der Waals surface area contributed by atoms with Crippen molar-refractivity contribution in [3.05, 3.63) is 76.6 Å². The number of nitrogens with zero attached hydrogens (tertiary/aromatic N) is 4. The van der Waals surface area contributed by atoms with E-state index in [1.165, 1.54) is 25.3 Å². The van der Waals surface area contributed by atoms with E-state index in [-0.39, 0.29) is 29.7 Å². The van der Waals surface area contributed by atoms with Crippen molar-refractivity contribution in [2.75, 3.05) is 23.5 Å². The highest BCUT2D eigenvalue weighted by molar-refractivity contribution is 7.99. The van der Waals surface area contributed by atoms with Crippen molar-refractivity contribution in [3.8, 4) is 5.75 Å². The molecule has 0 radical (unpaired) electrons. The standard InChI is InChI=1S/C23H24N6O5S/c1-4-11-28-20(13-21(30)25-18-7-5-6-8-19(18)34-3)26-27-23(28)35-14-22(31)24-17-10-9-16(29(32)33)12-15(17)2/h4-10,12H,1,11,13-14H2,2-3H3,(H,24,31)(H,25,30). The number of anilines is 2. The first kappa shape index (κ1) is 25.4. The molecule has 0 aliphatic rings. The van der Waals surface area contributed by atoms with Gasteiger partial charge in [-0.15, -0.1) is 16.8 Å². The van der Waals surface area contributed by atoms with E-state index < -0.39 is 4.92 Å². The normalized spacial score (nSPS) is 10.5. The van der Waals surface area contributed by atoms with Gasteiger partial charge in [-0.1, -0.05) is 30.0 Å². The van der Waals surface area contributed by atoms with Crippen LogP contribution < -0.4 is 15.4 Å². The van der Waals surface area contributed by atoms with Gasteiger partial charge in [0.2, 0.25) is 11.8 Å². The molecule has 0 fully saturated rings. The number of ether oxygens (including phenoxy) is 1. The summed E-state index contributed by atoms with van der Waals surface area (Å²) in [6.45, 7) is 5.77. The second-order valence-corrected chi connectivity index (χ2v) is 8.26. The summed E-state index contributed by atoms with van der Waals surface area (Å²) in [5.41, 5.74) is 1.57. The monoisotopic (exact) mass is 496 g/mol. The second-order valence-electron chi connectivity index (χ2n) is 7.32. The molecule has 1 heterocycles. The molecule has 3 rings (SSSR count). The molecule has 0 spiro atoms. The van der Waals surface area contributed by atoms with Crippen molar-refractivity contribution in [2.45, 2.75) is 25.0 Å². The van der Waals surface area contributed by atoms with Crippen molar-refractivity contribution < 1.29 is 19.2 Å². The molecule has 182 valence electrons. The Kier molecular flexibility index (Phi) is 8.57. The Morgan fingerprint density at radius 1 is 1.17 bits per heavy atom. The zero-order chi connectivity index (χ0) is 25.4. The predicted octanol–water partition coefficient (Wildman–Crippen LogP) is 3.60. The van der Waals surface area contributed by atoms with Gasteiger partial charge in [0.15, 0.2) is 5.16 Å². The van der Waals surface area contributed by atoms with E-state index >= 15 is 0 Å². The Morgan fingerprint density at radius 3 is 2.60 bits per heavy atom. The number of hydrogen-bond donors (Lipinski definition) is 2. The van der Waals surface area contributed by atoms with Gasteiger partial charge in [-0.05, 0) is 30.7 Å². The molecule has 11 nitrogen and oxygen atoms in total. The molecule has 0 saturated heterocycles. The van der Waals surface area contributed by atoms with E-state index in [2.05, 4.69) is 27.4 Å². The van der Waals surface area contributed by atoms with Gasteiger partial charge >= 0.3 is 0 Å². The molecule has 35 heavy (non-hydrogen) atoms. The largest absolute Gasteiger partial charge is 0.495 e. The van der Waals surface area contributed by atoms with E-state index in [1.54, 1.807) is 41.8 Å². The van der Waals surface area contributed by atoms with Gasteiger partial charge in [-0.25, -0.2) is 0 Å². The minimum absolute atomic E-state index is 0.0269. The van der Waals surface area contributed by atoms with E-state index in [9.17, 15) is 19.7 Å². The van der Waals surface area contributed by atoms with Crippen LogP contribution in [-0.4, -0.2) is 44.4 Å². The Balaban J connectivity index is 1.64. The number of aryl methyl sites for hydroxylation is 1. The average molecular weight is 497 g/mol. The quantitative estimate of drug-likeness (QED) is 0.177. The fourth-order valence-corrected chi connectivity index (χ4v) is 3.94. The molecular formula is C23H24N6O5S. The van der Waals surface area contributed by atoms with E-state index in [0.717, 1.165) is 11.8 Å². The number of rotatable bonds is 11. The van der Waals surface area contributed by atoms with Crippen LogP contribution in [0.2, 0.25) is 0 Å². The zero-order valence-electron chi connectivity index (χ0n) is 19.2. The van der Waals surface area contributed by atoms with Crippen molar-refractivity contribution in [1.29, 1.82) is 0 Å². The fraction of sp³-hybridized carbons (Fsp3) is 0.217. The average Bonchev–Trinajstić information content (AvgIpc) is 3.20. The Bertz CT molecular complexity index is 1260. The summed E-state index contributed by atoms with van der Waals surface area (Å²) >= 11 is 1.16. The van der Waals surface area contributed by atoms with Gasteiger partial charge < -0.3 is 19.9 Å². The molecule has 2 N–H and O–H groups in total. The van der Waals surface area contributed by atoms with Gasteiger partial charge in [0.05, 0.1) is 29.9 Å². The summed E-state index contributed by atoms with van der Waals surface area (Å²) in [5.74, 6) is 0.384. The van der Waals surface area contributed by atoms with Crippen LogP contribution in [0.3, 0.4) is 0 Å². The van der Waals surface area contributed by atoms with E-state index in [4.69, 9.17) is 4.74 Å². The molecule has 1 aromatic heterocycles. The van der Waals surface area contributed by atoms with Crippen LogP contribution in [0.25, 0.3) is 0 Å². The molecule has 2 amide bonds. The molecule has 0 unspecified atom stereocenters. The van der Waals surface area contributed by atoms with Crippen LogP contribution >= 0.6 is 11.8 Å². The molecule has 3 aromatic rings. The number of nitro groups is 1. The predicted molar refractivity (Wildman–Crippen MR) is 133 cm³/mol. The van der Waals surface area contributed by atoms with Gasteiger partial charge in [0, 0.05) is 24.4 Å². The number of para-hydroxylation sites is 2. The number of nitro benzene ring substituents is 1. The van der Waals surface area contributed by atoms with E-state index in [1.807, 2.05) is 0 Å². The third-order valence-corrected chi connectivity index (χ3v) is 5.80. The molecule has 0 saturated carbocycles. The van der Waals surface area contributed by atoms with Crippen LogP contribution in [0.5, 0.6) is 5.75 Å². The summed E-state index contributed by atoms with van der Waals surface area (Å²) in [4.78, 5) is 35.4. The first-order chi connectivity index (χ1) is 16.8. The Hall–Kier alpha value is -4.19. The van der Waals surface area contributed by atoms with Crippen LogP contribution in [0, 0.1) is 17.0 Å². The summed E-state index contributed by atoms with van der Waals surface area (Å²) in [7, 11) is 1.52. The number of nitrogens with one attached hydrogen (secondary N) is 2. The van der Waals surface area contributed by atoms with Crippen LogP contribution in [-0.2, 0) is 22.6 Å². The number of non-ortho nitro benzene ring substituents is 1. The Morgan fingerprint density at radius 2 is 1.91 bits per heavy atom. The van der Waals surface area contributed by atoms with Crippen LogP contribution in [0.15, 0.2) is 60.3 Å². The number of benzene rings is 2. The summed E-state index contributed by atoms with van der Waals surface area (Å²) in [6.07, 6.45) is 1.61. The van der Waals surface area contributed by atoms with Gasteiger partial charge in [-0.2, -0.15) is 0 Å². The molecule has 2 aromatic carbocycles. The van der Waals surface area contributed by atoms with E-state index in [0.29, 0.717) is 40.2 Å². The number of allylic oxidation sites excluding steroid dienone is 1. The molecule has 0 bridgehead atoms. The molecular weight excluding hydrogens is 472 g/mol. The third kappa shape index (κ3) is 6.67. The summed E-state index contributed by atoms with van der Waals surface area (Å²) in [5, 5.41) is 25.1. The highest BCUT2D eigenvalue weighted by Crippen LogP contribution is 2.24. The minimum atomic E-state index is -0.491. The number of methoxy groups -OCH3 is 1. The maximum Gasteiger partial charge on any atom is 0.269 e.